The molecule has 2 aromatic rings. The first-order valence-electron chi connectivity index (χ1n) is 6.13. The van der Waals surface area contributed by atoms with E-state index in [1.165, 1.54) is 0 Å². The second-order valence-electron chi connectivity index (χ2n) is 4.47. The molecule has 0 saturated carbocycles. The van der Waals surface area contributed by atoms with Gasteiger partial charge in [0.15, 0.2) is 34.5 Å². The second kappa shape index (κ2) is 6.02. The van der Waals surface area contributed by atoms with Gasteiger partial charge in [0.1, 0.15) is 0 Å². The summed E-state index contributed by atoms with van der Waals surface area (Å²) in [5, 5.41) is 59.2. The molecule has 2 aromatic carbocycles. The van der Waals surface area contributed by atoms with Gasteiger partial charge in [-0.15, -0.1) is 0 Å². The van der Waals surface area contributed by atoms with Gasteiger partial charge in [0.25, 0.3) is 5.91 Å². The third kappa shape index (κ3) is 3.35. The molecule has 2 rings (SSSR count). The number of carbonyl (C=O) groups excluding carboxylic acids is 1. The van der Waals surface area contributed by atoms with Crippen LogP contribution in [-0.2, 0) is 0 Å². The summed E-state index contributed by atoms with van der Waals surface area (Å²) in [7, 11) is 0. The molecule has 0 aliphatic carbocycles. The minimum Gasteiger partial charge on any atom is -0.504 e. The summed E-state index contributed by atoms with van der Waals surface area (Å²) in [5.74, 6) is -4.70. The number of hydrogen-bond acceptors (Lipinski definition) is 8. The Kier molecular flexibility index (Phi) is 4.12. The van der Waals surface area contributed by atoms with Crippen LogP contribution in [0.2, 0.25) is 0 Å². The van der Waals surface area contributed by atoms with E-state index in [-0.39, 0.29) is 11.1 Å². The second-order valence-corrected chi connectivity index (χ2v) is 4.47. The van der Waals surface area contributed by atoms with E-state index < -0.39 is 40.4 Å². The van der Waals surface area contributed by atoms with E-state index in [0.717, 1.165) is 30.5 Å². The van der Waals surface area contributed by atoms with Gasteiger partial charge in [-0.05, 0) is 24.3 Å². The smallest absolute Gasteiger partial charge is 0.271 e. The molecule has 120 valence electrons. The highest BCUT2D eigenvalue weighted by atomic mass is 16.3. The molecule has 9 heteroatoms. The Hall–Kier alpha value is -3.62. The van der Waals surface area contributed by atoms with Crippen LogP contribution >= 0.6 is 0 Å². The molecule has 0 spiro atoms. The van der Waals surface area contributed by atoms with Crippen LogP contribution in [0.1, 0.15) is 15.9 Å². The predicted molar refractivity (Wildman–Crippen MR) is 77.9 cm³/mol. The van der Waals surface area contributed by atoms with Gasteiger partial charge in [-0.2, -0.15) is 5.10 Å². The number of phenols is 6. The summed E-state index contributed by atoms with van der Waals surface area (Å²) < 4.78 is 0. The highest BCUT2D eigenvalue weighted by Gasteiger charge is 2.13. The van der Waals surface area contributed by atoms with Gasteiger partial charge in [0.2, 0.25) is 0 Å². The third-order valence-electron chi connectivity index (χ3n) is 2.80. The first-order chi connectivity index (χ1) is 10.8. The van der Waals surface area contributed by atoms with Crippen molar-refractivity contribution < 1.29 is 35.4 Å². The van der Waals surface area contributed by atoms with Crippen molar-refractivity contribution in [3.05, 3.63) is 35.4 Å². The van der Waals surface area contributed by atoms with Crippen LogP contribution in [0.3, 0.4) is 0 Å². The quantitative estimate of drug-likeness (QED) is 0.248. The van der Waals surface area contributed by atoms with E-state index in [1.807, 2.05) is 0 Å². The molecule has 0 aromatic heterocycles. The van der Waals surface area contributed by atoms with E-state index in [0.29, 0.717) is 0 Å². The first kappa shape index (κ1) is 15.8. The number of nitrogens with one attached hydrogen (secondary N) is 1. The van der Waals surface area contributed by atoms with Crippen LogP contribution in [-0.4, -0.2) is 42.8 Å². The predicted octanol–water partition coefficient (Wildman–Crippen LogP) is 0.684. The lowest BCUT2D eigenvalue weighted by Crippen LogP contribution is -2.17. The molecule has 0 saturated heterocycles. The van der Waals surface area contributed by atoms with Crippen molar-refractivity contribution in [2.75, 3.05) is 0 Å². The first-order valence-corrected chi connectivity index (χ1v) is 6.13. The Balaban J connectivity index is 2.13. The fourth-order valence-electron chi connectivity index (χ4n) is 1.67. The van der Waals surface area contributed by atoms with Gasteiger partial charge >= 0.3 is 0 Å². The zero-order valence-corrected chi connectivity index (χ0v) is 11.4. The molecular formula is C14H12N2O7. The number of carbonyl (C=O) groups is 1. The lowest BCUT2D eigenvalue weighted by atomic mass is 10.2. The number of hydrazone groups is 1. The number of aromatic hydroxyl groups is 6. The van der Waals surface area contributed by atoms with Crippen molar-refractivity contribution in [3.8, 4) is 34.5 Å². The molecule has 0 heterocycles. The van der Waals surface area contributed by atoms with Crippen molar-refractivity contribution in [3.63, 3.8) is 0 Å². The van der Waals surface area contributed by atoms with Gasteiger partial charge in [0, 0.05) is 11.1 Å². The average Bonchev–Trinajstić information content (AvgIpc) is 2.49. The van der Waals surface area contributed by atoms with Crippen molar-refractivity contribution in [1.82, 2.24) is 5.43 Å². The summed E-state index contributed by atoms with van der Waals surface area (Å²) >= 11 is 0. The lowest BCUT2D eigenvalue weighted by molar-refractivity contribution is 0.0954. The van der Waals surface area contributed by atoms with Crippen LogP contribution in [0.25, 0.3) is 0 Å². The Labute approximate surface area is 129 Å². The Bertz CT molecular complexity index is 756. The third-order valence-corrected chi connectivity index (χ3v) is 2.80. The number of amides is 1. The van der Waals surface area contributed by atoms with Crippen molar-refractivity contribution in [2.45, 2.75) is 0 Å². The molecule has 1 amide bonds. The molecule has 9 nitrogen and oxygen atoms in total. The topological polar surface area (TPSA) is 163 Å². The normalized spacial score (nSPS) is 10.8. The molecule has 0 unspecified atom stereocenters. The van der Waals surface area contributed by atoms with Crippen LogP contribution in [0.5, 0.6) is 34.5 Å². The molecule has 23 heavy (non-hydrogen) atoms. The summed E-state index contributed by atoms with van der Waals surface area (Å²) in [6.45, 7) is 0. The highest BCUT2D eigenvalue weighted by Crippen LogP contribution is 2.35. The fourth-order valence-corrected chi connectivity index (χ4v) is 1.67. The highest BCUT2D eigenvalue weighted by molar-refractivity contribution is 5.96. The number of benzene rings is 2. The monoisotopic (exact) mass is 320 g/mol. The minimum absolute atomic E-state index is 0.161. The minimum atomic E-state index is -0.793. The van der Waals surface area contributed by atoms with E-state index in [4.69, 9.17) is 0 Å². The van der Waals surface area contributed by atoms with E-state index >= 15 is 0 Å². The standard InChI is InChI=1S/C14H12N2O7/c17-8-1-6(2-9(18)12(8)21)5-15-16-14(23)7-3-10(19)13(22)11(20)4-7/h1-5,17-22H,(H,16,23)/b15-5+. The van der Waals surface area contributed by atoms with E-state index in [9.17, 15) is 35.4 Å². The van der Waals surface area contributed by atoms with Gasteiger partial charge in [-0.3, -0.25) is 4.79 Å². The largest absolute Gasteiger partial charge is 0.504 e. The van der Waals surface area contributed by atoms with E-state index in [2.05, 4.69) is 10.5 Å². The molecule has 0 fully saturated rings. The molecule has 7 N–H and O–H groups in total. The summed E-state index contributed by atoms with van der Waals surface area (Å²) in [6.07, 6.45) is 1.08. The van der Waals surface area contributed by atoms with Crippen LogP contribution in [0, 0.1) is 0 Å². The van der Waals surface area contributed by atoms with Gasteiger partial charge in [-0.25, -0.2) is 5.43 Å². The van der Waals surface area contributed by atoms with Gasteiger partial charge in [0.05, 0.1) is 6.21 Å². The van der Waals surface area contributed by atoms with Crippen LogP contribution < -0.4 is 5.43 Å². The summed E-state index contributed by atoms with van der Waals surface area (Å²) in [5.41, 5.74) is 2.10. The summed E-state index contributed by atoms with van der Waals surface area (Å²) in [4.78, 5) is 11.8. The van der Waals surface area contributed by atoms with E-state index in [1.54, 1.807) is 0 Å². The van der Waals surface area contributed by atoms with Crippen molar-refractivity contribution in [1.29, 1.82) is 0 Å². The Morgan fingerprint density at radius 1 is 0.826 bits per heavy atom. The SMILES string of the molecule is O=C(N/N=C/c1cc(O)c(O)c(O)c1)c1cc(O)c(O)c(O)c1. The molecule has 0 atom stereocenters. The molecule has 0 aliphatic heterocycles. The Morgan fingerprint density at radius 3 is 1.74 bits per heavy atom. The van der Waals surface area contributed by atoms with Crippen molar-refractivity contribution >= 4 is 12.1 Å². The molecule has 0 aliphatic rings. The van der Waals surface area contributed by atoms with Gasteiger partial charge in [-0.1, -0.05) is 0 Å². The number of phenolic OH excluding ortho intramolecular Hbond substituents is 6. The van der Waals surface area contributed by atoms with Crippen LogP contribution in [0.4, 0.5) is 0 Å². The number of hydrogen-bond donors (Lipinski definition) is 7. The molecule has 0 bridgehead atoms. The molecule has 0 radical (unpaired) electrons. The maximum absolute atomic E-state index is 11.8. The maximum Gasteiger partial charge on any atom is 0.271 e. The van der Waals surface area contributed by atoms with Gasteiger partial charge < -0.3 is 30.6 Å². The number of rotatable bonds is 3. The Morgan fingerprint density at radius 2 is 1.26 bits per heavy atom. The number of nitrogens with zero attached hydrogens (tertiary/aromatic N) is 1. The van der Waals surface area contributed by atoms with Crippen molar-refractivity contribution in [2.24, 2.45) is 5.10 Å². The van der Waals surface area contributed by atoms with Crippen LogP contribution in [0.15, 0.2) is 29.4 Å². The zero-order valence-electron chi connectivity index (χ0n) is 11.4. The fraction of sp³-hybridized carbons (Fsp3) is 0. The molecular weight excluding hydrogens is 308 g/mol. The zero-order chi connectivity index (χ0) is 17.1. The average molecular weight is 320 g/mol. The lowest BCUT2D eigenvalue weighted by Gasteiger charge is -2.05. The summed E-state index contributed by atoms with van der Waals surface area (Å²) in [6, 6.07) is 4.06. The maximum atomic E-state index is 11.8.